The predicted octanol–water partition coefficient (Wildman–Crippen LogP) is 1.92. The quantitative estimate of drug-likeness (QED) is 0.752. The molecule has 0 amide bonds. The summed E-state index contributed by atoms with van der Waals surface area (Å²) < 4.78 is 0. The lowest BCUT2D eigenvalue weighted by Gasteiger charge is -2.06. The molecule has 76 valence electrons. The standard InChI is InChI=1S/C9H13ClN4/c1-2-4-12-9-13-7(10)6-3-5-11-8(6)14-9/h2-5H2,1H3,(H2,11,12,13,14). The largest absolute Gasteiger partial charge is 0.369 e. The Hall–Kier alpha value is -1.03. The third kappa shape index (κ3) is 1.75. The fourth-order valence-corrected chi connectivity index (χ4v) is 1.71. The van der Waals surface area contributed by atoms with Gasteiger partial charge in [0.25, 0.3) is 0 Å². The molecule has 2 N–H and O–H groups in total. The lowest BCUT2D eigenvalue weighted by atomic mass is 10.3. The van der Waals surface area contributed by atoms with Crippen molar-refractivity contribution in [3.63, 3.8) is 0 Å². The van der Waals surface area contributed by atoms with Crippen molar-refractivity contribution in [3.05, 3.63) is 10.7 Å². The highest BCUT2D eigenvalue weighted by Crippen LogP contribution is 2.27. The van der Waals surface area contributed by atoms with Crippen LogP contribution < -0.4 is 10.6 Å². The molecule has 0 bridgehead atoms. The number of hydrogen-bond donors (Lipinski definition) is 2. The topological polar surface area (TPSA) is 49.8 Å². The van der Waals surface area contributed by atoms with E-state index in [-0.39, 0.29) is 0 Å². The van der Waals surface area contributed by atoms with Crippen LogP contribution in [0.2, 0.25) is 5.15 Å². The number of nitrogens with one attached hydrogen (secondary N) is 2. The first-order valence-electron chi connectivity index (χ1n) is 4.85. The molecule has 1 aromatic rings. The summed E-state index contributed by atoms with van der Waals surface area (Å²) in [5, 5.41) is 6.87. The van der Waals surface area contributed by atoms with Crippen molar-refractivity contribution in [2.75, 3.05) is 23.7 Å². The normalized spacial score (nSPS) is 13.6. The maximum atomic E-state index is 6.02. The minimum absolute atomic E-state index is 0.568. The van der Waals surface area contributed by atoms with Crippen LogP contribution in [0.3, 0.4) is 0 Å². The average molecular weight is 213 g/mol. The third-order valence-corrected chi connectivity index (χ3v) is 2.47. The average Bonchev–Trinajstić information content (AvgIpc) is 2.63. The van der Waals surface area contributed by atoms with Crippen molar-refractivity contribution in [1.82, 2.24) is 9.97 Å². The van der Waals surface area contributed by atoms with Gasteiger partial charge in [0.2, 0.25) is 5.95 Å². The Morgan fingerprint density at radius 2 is 2.36 bits per heavy atom. The van der Waals surface area contributed by atoms with Crippen LogP contribution in [0.1, 0.15) is 18.9 Å². The first-order chi connectivity index (χ1) is 6.81. The van der Waals surface area contributed by atoms with Crippen LogP contribution in [0.15, 0.2) is 0 Å². The van der Waals surface area contributed by atoms with Crippen LogP contribution in [-0.2, 0) is 6.42 Å². The number of anilines is 2. The summed E-state index contributed by atoms with van der Waals surface area (Å²) >= 11 is 6.02. The molecule has 0 unspecified atom stereocenters. The Morgan fingerprint density at radius 1 is 1.50 bits per heavy atom. The van der Waals surface area contributed by atoms with E-state index in [1.54, 1.807) is 0 Å². The molecule has 0 saturated carbocycles. The minimum Gasteiger partial charge on any atom is -0.369 e. The van der Waals surface area contributed by atoms with Crippen molar-refractivity contribution in [3.8, 4) is 0 Å². The van der Waals surface area contributed by atoms with Gasteiger partial charge in [-0.3, -0.25) is 0 Å². The zero-order valence-electron chi connectivity index (χ0n) is 8.10. The second-order valence-electron chi connectivity index (χ2n) is 3.27. The van der Waals surface area contributed by atoms with E-state index in [4.69, 9.17) is 11.6 Å². The Bertz CT molecular complexity index is 340. The third-order valence-electron chi connectivity index (χ3n) is 2.16. The summed E-state index contributed by atoms with van der Waals surface area (Å²) in [5.41, 5.74) is 1.04. The van der Waals surface area contributed by atoms with Crippen molar-refractivity contribution in [1.29, 1.82) is 0 Å². The number of rotatable bonds is 3. The number of aromatic nitrogens is 2. The Labute approximate surface area is 88.1 Å². The van der Waals surface area contributed by atoms with Crippen LogP contribution in [0.5, 0.6) is 0 Å². The first-order valence-corrected chi connectivity index (χ1v) is 5.23. The molecule has 0 aromatic carbocycles. The molecule has 5 heteroatoms. The van der Waals surface area contributed by atoms with E-state index < -0.39 is 0 Å². The van der Waals surface area contributed by atoms with Crippen LogP contribution >= 0.6 is 11.6 Å². The highest BCUT2D eigenvalue weighted by molar-refractivity contribution is 6.30. The molecule has 1 aliphatic rings. The first kappa shape index (κ1) is 9.52. The second kappa shape index (κ2) is 4.00. The van der Waals surface area contributed by atoms with Crippen LogP contribution in [0.25, 0.3) is 0 Å². The smallest absolute Gasteiger partial charge is 0.226 e. The minimum atomic E-state index is 0.568. The summed E-state index contributed by atoms with van der Waals surface area (Å²) in [6, 6.07) is 0. The van der Waals surface area contributed by atoms with E-state index in [1.165, 1.54) is 0 Å². The molecular weight excluding hydrogens is 200 g/mol. The maximum absolute atomic E-state index is 6.02. The molecule has 0 spiro atoms. The van der Waals surface area contributed by atoms with E-state index in [9.17, 15) is 0 Å². The van der Waals surface area contributed by atoms with E-state index in [2.05, 4.69) is 27.5 Å². The number of hydrogen-bond acceptors (Lipinski definition) is 4. The number of nitrogens with zero attached hydrogens (tertiary/aromatic N) is 2. The van der Waals surface area contributed by atoms with Crippen LogP contribution in [-0.4, -0.2) is 23.1 Å². The van der Waals surface area contributed by atoms with Gasteiger partial charge in [0, 0.05) is 18.7 Å². The molecule has 0 fully saturated rings. The van der Waals surface area contributed by atoms with Crippen molar-refractivity contribution < 1.29 is 0 Å². The summed E-state index contributed by atoms with van der Waals surface area (Å²) in [6.45, 7) is 3.87. The molecule has 1 aliphatic heterocycles. The summed E-state index contributed by atoms with van der Waals surface area (Å²) in [6.07, 6.45) is 1.97. The zero-order chi connectivity index (χ0) is 9.97. The lowest BCUT2D eigenvalue weighted by molar-refractivity contribution is 0.951. The van der Waals surface area contributed by atoms with Crippen LogP contribution in [0, 0.1) is 0 Å². The zero-order valence-corrected chi connectivity index (χ0v) is 8.86. The molecule has 14 heavy (non-hydrogen) atoms. The highest BCUT2D eigenvalue weighted by Gasteiger charge is 2.17. The molecular formula is C9H13ClN4. The van der Waals surface area contributed by atoms with Gasteiger partial charge < -0.3 is 10.6 Å². The fraction of sp³-hybridized carbons (Fsp3) is 0.556. The molecule has 2 rings (SSSR count). The molecule has 0 radical (unpaired) electrons. The summed E-state index contributed by atoms with van der Waals surface area (Å²) in [5.74, 6) is 1.49. The fourth-order valence-electron chi connectivity index (χ4n) is 1.45. The Kier molecular flexibility index (Phi) is 2.72. The molecule has 4 nitrogen and oxygen atoms in total. The summed E-state index contributed by atoms with van der Waals surface area (Å²) in [7, 11) is 0. The van der Waals surface area contributed by atoms with Crippen molar-refractivity contribution >= 4 is 23.4 Å². The SMILES string of the molecule is CCCNc1nc(Cl)c2c(n1)NCC2. The van der Waals surface area contributed by atoms with Gasteiger partial charge in [-0.05, 0) is 12.8 Å². The van der Waals surface area contributed by atoms with Gasteiger partial charge in [-0.2, -0.15) is 4.98 Å². The van der Waals surface area contributed by atoms with Crippen molar-refractivity contribution in [2.24, 2.45) is 0 Å². The van der Waals surface area contributed by atoms with Gasteiger partial charge in [-0.1, -0.05) is 18.5 Å². The Balaban J connectivity index is 2.23. The van der Waals surface area contributed by atoms with Gasteiger partial charge >= 0.3 is 0 Å². The monoisotopic (exact) mass is 212 g/mol. The number of halogens is 1. The Morgan fingerprint density at radius 3 is 3.14 bits per heavy atom. The van der Waals surface area contributed by atoms with Gasteiger partial charge in [-0.25, -0.2) is 4.98 Å². The van der Waals surface area contributed by atoms with Crippen molar-refractivity contribution in [2.45, 2.75) is 19.8 Å². The van der Waals surface area contributed by atoms with Gasteiger partial charge in [0.05, 0.1) is 0 Å². The maximum Gasteiger partial charge on any atom is 0.226 e. The van der Waals surface area contributed by atoms with Gasteiger partial charge in [0.15, 0.2) is 0 Å². The molecule has 1 aromatic heterocycles. The summed E-state index contributed by atoms with van der Waals surface area (Å²) in [4.78, 5) is 8.52. The molecule has 0 atom stereocenters. The predicted molar refractivity (Wildman–Crippen MR) is 58.0 cm³/mol. The molecule has 0 aliphatic carbocycles. The second-order valence-corrected chi connectivity index (χ2v) is 3.63. The van der Waals surface area contributed by atoms with E-state index in [0.29, 0.717) is 11.1 Å². The van der Waals surface area contributed by atoms with E-state index in [0.717, 1.165) is 37.3 Å². The van der Waals surface area contributed by atoms with E-state index >= 15 is 0 Å². The van der Waals surface area contributed by atoms with E-state index in [1.807, 2.05) is 0 Å². The highest BCUT2D eigenvalue weighted by atomic mass is 35.5. The van der Waals surface area contributed by atoms with Gasteiger partial charge in [0.1, 0.15) is 11.0 Å². The molecule has 0 saturated heterocycles. The lowest BCUT2D eigenvalue weighted by Crippen LogP contribution is -2.06. The van der Waals surface area contributed by atoms with Gasteiger partial charge in [-0.15, -0.1) is 0 Å². The van der Waals surface area contributed by atoms with Crippen LogP contribution in [0.4, 0.5) is 11.8 Å². The number of fused-ring (bicyclic) bond motifs is 1. The molecule has 2 heterocycles.